The van der Waals surface area contributed by atoms with Gasteiger partial charge in [-0.15, -0.1) is 5.10 Å². The Labute approximate surface area is 123 Å². The summed E-state index contributed by atoms with van der Waals surface area (Å²) in [7, 11) is 1.65. The molecular formula is C15H20N2O2S. The molecule has 0 bridgehead atoms. The maximum atomic E-state index is 10.5. The van der Waals surface area contributed by atoms with Crippen LogP contribution in [0.2, 0.25) is 0 Å². The summed E-state index contributed by atoms with van der Waals surface area (Å²) in [6, 6.07) is 5.99. The van der Waals surface area contributed by atoms with Crippen LogP contribution in [-0.2, 0) is 6.42 Å². The molecule has 0 fully saturated rings. The SMILES string of the molecule is COc1ccc(C)cc1CC(O)c1snnc1C(C)C. The van der Waals surface area contributed by atoms with E-state index < -0.39 is 6.10 Å². The third-order valence-corrected chi connectivity index (χ3v) is 4.08. The van der Waals surface area contributed by atoms with Gasteiger partial charge < -0.3 is 9.84 Å². The molecule has 1 aromatic carbocycles. The van der Waals surface area contributed by atoms with Gasteiger partial charge in [0.15, 0.2) is 0 Å². The number of aryl methyl sites for hydroxylation is 1. The lowest BCUT2D eigenvalue weighted by Gasteiger charge is -2.14. The molecule has 0 radical (unpaired) electrons. The number of hydrogen-bond donors (Lipinski definition) is 1. The number of nitrogens with zero attached hydrogens (tertiary/aromatic N) is 2. The zero-order valence-corrected chi connectivity index (χ0v) is 13.1. The van der Waals surface area contributed by atoms with E-state index in [-0.39, 0.29) is 5.92 Å². The fourth-order valence-corrected chi connectivity index (χ4v) is 3.00. The lowest BCUT2D eigenvalue weighted by molar-refractivity contribution is 0.179. The van der Waals surface area contributed by atoms with Crippen molar-refractivity contribution in [3.63, 3.8) is 0 Å². The summed E-state index contributed by atoms with van der Waals surface area (Å²) in [5.74, 6) is 1.07. The number of hydrogen-bond acceptors (Lipinski definition) is 5. The third kappa shape index (κ3) is 3.16. The van der Waals surface area contributed by atoms with E-state index in [2.05, 4.69) is 23.4 Å². The van der Waals surface area contributed by atoms with Crippen LogP contribution in [0.25, 0.3) is 0 Å². The predicted octanol–water partition coefficient (Wildman–Crippen LogP) is 3.25. The van der Waals surface area contributed by atoms with Crippen molar-refractivity contribution in [1.82, 2.24) is 9.59 Å². The number of aliphatic hydroxyl groups is 1. The summed E-state index contributed by atoms with van der Waals surface area (Å²) in [5.41, 5.74) is 3.04. The molecular weight excluding hydrogens is 272 g/mol. The molecule has 2 aromatic rings. The molecule has 0 saturated carbocycles. The summed E-state index contributed by atoms with van der Waals surface area (Å²) < 4.78 is 9.32. The van der Waals surface area contributed by atoms with Gasteiger partial charge in [-0.05, 0) is 36.0 Å². The minimum atomic E-state index is -0.594. The monoisotopic (exact) mass is 292 g/mol. The highest BCUT2D eigenvalue weighted by atomic mass is 32.1. The first-order chi connectivity index (χ1) is 9.52. The Balaban J connectivity index is 2.25. The van der Waals surface area contributed by atoms with Crippen LogP contribution in [0.15, 0.2) is 18.2 Å². The lowest BCUT2D eigenvalue weighted by atomic mass is 10.0. The van der Waals surface area contributed by atoms with Gasteiger partial charge in [-0.2, -0.15) is 0 Å². The van der Waals surface area contributed by atoms with Gasteiger partial charge in [0.2, 0.25) is 0 Å². The molecule has 1 atom stereocenters. The van der Waals surface area contributed by atoms with Gasteiger partial charge >= 0.3 is 0 Å². The van der Waals surface area contributed by atoms with Gasteiger partial charge in [-0.1, -0.05) is 36.0 Å². The average Bonchev–Trinajstić information content (AvgIpc) is 2.88. The van der Waals surface area contributed by atoms with Crippen molar-refractivity contribution in [2.45, 2.75) is 39.2 Å². The molecule has 2 rings (SSSR count). The Hall–Kier alpha value is -1.46. The fraction of sp³-hybridized carbons (Fsp3) is 0.467. The van der Waals surface area contributed by atoms with Crippen molar-refractivity contribution < 1.29 is 9.84 Å². The second kappa shape index (κ2) is 6.33. The number of ether oxygens (including phenoxy) is 1. The molecule has 0 amide bonds. The van der Waals surface area contributed by atoms with Crippen LogP contribution in [0.1, 0.15) is 47.6 Å². The maximum absolute atomic E-state index is 10.5. The zero-order chi connectivity index (χ0) is 14.7. The Kier molecular flexibility index (Phi) is 4.73. The van der Waals surface area contributed by atoms with Crippen molar-refractivity contribution in [2.24, 2.45) is 0 Å². The normalized spacial score (nSPS) is 12.7. The summed E-state index contributed by atoms with van der Waals surface area (Å²) in [6.07, 6.45) is -0.0860. The molecule has 1 N–H and O–H groups in total. The molecule has 20 heavy (non-hydrogen) atoms. The first-order valence-corrected chi connectivity index (χ1v) is 7.44. The quantitative estimate of drug-likeness (QED) is 0.919. The summed E-state index contributed by atoms with van der Waals surface area (Å²) in [4.78, 5) is 0.851. The third-order valence-electron chi connectivity index (χ3n) is 3.24. The topological polar surface area (TPSA) is 55.2 Å². The van der Waals surface area contributed by atoms with Crippen molar-refractivity contribution >= 4 is 11.5 Å². The highest BCUT2D eigenvalue weighted by Gasteiger charge is 2.20. The standard InChI is InChI=1S/C15H20N2O2S/c1-9(2)14-15(20-17-16-14)12(18)8-11-7-10(3)5-6-13(11)19-4/h5-7,9,12,18H,8H2,1-4H3. The van der Waals surface area contributed by atoms with Gasteiger partial charge in [-0.3, -0.25) is 0 Å². The molecule has 0 aliphatic carbocycles. The second-order valence-electron chi connectivity index (χ2n) is 5.21. The van der Waals surface area contributed by atoms with Crippen LogP contribution in [0.5, 0.6) is 5.75 Å². The predicted molar refractivity (Wildman–Crippen MR) is 80.4 cm³/mol. The van der Waals surface area contributed by atoms with Crippen LogP contribution in [-0.4, -0.2) is 21.8 Å². The number of aliphatic hydroxyl groups excluding tert-OH is 1. The van der Waals surface area contributed by atoms with Crippen molar-refractivity contribution in [1.29, 1.82) is 0 Å². The van der Waals surface area contributed by atoms with Crippen molar-refractivity contribution in [3.8, 4) is 5.75 Å². The Morgan fingerprint density at radius 2 is 2.10 bits per heavy atom. The molecule has 1 unspecified atom stereocenters. The molecule has 0 spiro atoms. The van der Waals surface area contributed by atoms with E-state index in [1.807, 2.05) is 25.1 Å². The number of benzene rings is 1. The van der Waals surface area contributed by atoms with E-state index in [9.17, 15) is 5.11 Å². The smallest absolute Gasteiger partial charge is 0.122 e. The lowest BCUT2D eigenvalue weighted by Crippen LogP contribution is -2.05. The first kappa shape index (κ1) is 14.9. The van der Waals surface area contributed by atoms with Gasteiger partial charge in [0.05, 0.1) is 23.8 Å². The summed E-state index contributed by atoms with van der Waals surface area (Å²) in [6.45, 7) is 6.14. The van der Waals surface area contributed by atoms with Crippen LogP contribution < -0.4 is 4.74 Å². The van der Waals surface area contributed by atoms with E-state index >= 15 is 0 Å². The van der Waals surface area contributed by atoms with Crippen LogP contribution in [0.3, 0.4) is 0 Å². The molecule has 0 aliphatic heterocycles. The Morgan fingerprint density at radius 3 is 2.75 bits per heavy atom. The van der Waals surface area contributed by atoms with E-state index in [1.165, 1.54) is 11.5 Å². The van der Waals surface area contributed by atoms with Crippen LogP contribution >= 0.6 is 11.5 Å². The van der Waals surface area contributed by atoms with Crippen LogP contribution in [0.4, 0.5) is 0 Å². The van der Waals surface area contributed by atoms with E-state index in [1.54, 1.807) is 7.11 Å². The Bertz CT molecular complexity index is 581. The van der Waals surface area contributed by atoms with E-state index in [4.69, 9.17) is 4.74 Å². The molecule has 5 heteroatoms. The fourth-order valence-electron chi connectivity index (χ4n) is 2.20. The summed E-state index contributed by atoms with van der Waals surface area (Å²) >= 11 is 1.27. The van der Waals surface area contributed by atoms with Crippen LogP contribution in [0, 0.1) is 6.92 Å². The minimum absolute atomic E-state index is 0.262. The van der Waals surface area contributed by atoms with Gasteiger partial charge in [0, 0.05) is 6.42 Å². The number of rotatable bonds is 5. The zero-order valence-electron chi connectivity index (χ0n) is 12.3. The van der Waals surface area contributed by atoms with E-state index in [0.717, 1.165) is 27.4 Å². The minimum Gasteiger partial charge on any atom is -0.496 e. The summed E-state index contributed by atoms with van der Waals surface area (Å²) in [5, 5.41) is 14.6. The second-order valence-corrected chi connectivity index (χ2v) is 6.00. The van der Waals surface area contributed by atoms with E-state index in [0.29, 0.717) is 6.42 Å². The Morgan fingerprint density at radius 1 is 1.35 bits per heavy atom. The first-order valence-electron chi connectivity index (χ1n) is 6.66. The van der Waals surface area contributed by atoms with Crippen molar-refractivity contribution in [3.05, 3.63) is 39.9 Å². The molecule has 1 heterocycles. The maximum Gasteiger partial charge on any atom is 0.122 e. The number of methoxy groups -OCH3 is 1. The number of aromatic nitrogens is 2. The highest BCUT2D eigenvalue weighted by molar-refractivity contribution is 7.05. The average molecular weight is 292 g/mol. The highest BCUT2D eigenvalue weighted by Crippen LogP contribution is 2.31. The van der Waals surface area contributed by atoms with Gasteiger partial charge in [-0.25, -0.2) is 0 Å². The molecule has 0 saturated heterocycles. The largest absolute Gasteiger partial charge is 0.496 e. The molecule has 108 valence electrons. The molecule has 1 aromatic heterocycles. The molecule has 4 nitrogen and oxygen atoms in total. The van der Waals surface area contributed by atoms with Gasteiger partial charge in [0.25, 0.3) is 0 Å². The molecule has 0 aliphatic rings. The van der Waals surface area contributed by atoms with Crippen molar-refractivity contribution in [2.75, 3.05) is 7.11 Å². The van der Waals surface area contributed by atoms with Gasteiger partial charge in [0.1, 0.15) is 5.75 Å².